The lowest BCUT2D eigenvalue weighted by atomic mass is 10.1. The summed E-state index contributed by atoms with van der Waals surface area (Å²) < 4.78 is 17.7. The van der Waals surface area contributed by atoms with Crippen LogP contribution in [0.4, 0.5) is 0 Å². The Bertz CT molecular complexity index is 514. The van der Waals surface area contributed by atoms with Gasteiger partial charge in [0.05, 0.1) is 0 Å². The van der Waals surface area contributed by atoms with E-state index < -0.39 is 11.2 Å². The maximum Gasteiger partial charge on any atom is 0.165 e. The molecular weight excluding hydrogens is 280 g/mol. The molecule has 0 fully saturated rings. The van der Waals surface area contributed by atoms with E-state index >= 15 is 0 Å². The van der Waals surface area contributed by atoms with Crippen molar-refractivity contribution in [2.75, 3.05) is 0 Å². The van der Waals surface area contributed by atoms with Crippen LogP contribution in [-0.4, -0.2) is 21.9 Å². The standard InChI is InChI=1S/C18H30O4/c1-16(2,3)20-13-11-15(22-18(7,8)9)14(10-12(13)19)21-17(4,5)6/h10-11,19H,1-9H3. The molecule has 22 heavy (non-hydrogen) atoms. The van der Waals surface area contributed by atoms with Gasteiger partial charge in [-0.3, -0.25) is 0 Å². The molecule has 0 heterocycles. The lowest BCUT2D eigenvalue weighted by Gasteiger charge is -2.29. The largest absolute Gasteiger partial charge is 0.504 e. The average molecular weight is 310 g/mol. The first-order valence-corrected chi connectivity index (χ1v) is 7.60. The molecule has 4 heteroatoms. The molecule has 0 aliphatic heterocycles. The van der Waals surface area contributed by atoms with Gasteiger partial charge in [0.25, 0.3) is 0 Å². The number of benzene rings is 1. The molecular formula is C18H30O4. The first-order chi connectivity index (χ1) is 9.66. The minimum Gasteiger partial charge on any atom is -0.504 e. The van der Waals surface area contributed by atoms with Crippen molar-refractivity contribution in [2.24, 2.45) is 0 Å². The fraction of sp³-hybridized carbons (Fsp3) is 0.667. The third-order valence-corrected chi connectivity index (χ3v) is 2.27. The van der Waals surface area contributed by atoms with Gasteiger partial charge in [-0.25, -0.2) is 0 Å². The summed E-state index contributed by atoms with van der Waals surface area (Å²) in [5, 5.41) is 10.2. The Kier molecular flexibility index (Phi) is 4.95. The maximum absolute atomic E-state index is 10.2. The Balaban J connectivity index is 3.29. The highest BCUT2D eigenvalue weighted by Crippen LogP contribution is 2.42. The molecule has 0 amide bonds. The number of aromatic hydroxyl groups is 1. The van der Waals surface area contributed by atoms with E-state index in [-0.39, 0.29) is 11.4 Å². The Morgan fingerprint density at radius 2 is 0.909 bits per heavy atom. The fourth-order valence-corrected chi connectivity index (χ4v) is 1.76. The molecule has 1 N–H and O–H groups in total. The zero-order valence-electron chi connectivity index (χ0n) is 15.3. The van der Waals surface area contributed by atoms with Crippen LogP contribution in [0.25, 0.3) is 0 Å². The van der Waals surface area contributed by atoms with Gasteiger partial charge in [0, 0.05) is 12.1 Å². The van der Waals surface area contributed by atoms with E-state index in [4.69, 9.17) is 14.2 Å². The lowest BCUT2D eigenvalue weighted by Crippen LogP contribution is -2.27. The van der Waals surface area contributed by atoms with Crippen molar-refractivity contribution in [2.45, 2.75) is 79.1 Å². The molecule has 0 saturated heterocycles. The van der Waals surface area contributed by atoms with Gasteiger partial charge in [-0.2, -0.15) is 0 Å². The van der Waals surface area contributed by atoms with Crippen LogP contribution >= 0.6 is 0 Å². The second kappa shape index (κ2) is 5.90. The zero-order chi connectivity index (χ0) is 17.3. The summed E-state index contributed by atoms with van der Waals surface area (Å²) in [6, 6.07) is 3.24. The van der Waals surface area contributed by atoms with Crippen molar-refractivity contribution in [3.8, 4) is 23.0 Å². The zero-order valence-corrected chi connectivity index (χ0v) is 15.3. The van der Waals surface area contributed by atoms with Crippen LogP contribution in [0.3, 0.4) is 0 Å². The molecule has 0 spiro atoms. The van der Waals surface area contributed by atoms with E-state index in [1.807, 2.05) is 62.3 Å². The van der Waals surface area contributed by atoms with Crippen LogP contribution in [0.5, 0.6) is 23.0 Å². The summed E-state index contributed by atoms with van der Waals surface area (Å²) in [6.45, 7) is 17.5. The number of rotatable bonds is 3. The van der Waals surface area contributed by atoms with E-state index in [0.29, 0.717) is 17.2 Å². The van der Waals surface area contributed by atoms with E-state index in [2.05, 4.69) is 0 Å². The van der Waals surface area contributed by atoms with E-state index in [0.717, 1.165) is 0 Å². The second-order valence-corrected chi connectivity index (χ2v) is 8.41. The molecule has 1 aromatic carbocycles. The first kappa shape index (κ1) is 18.5. The molecule has 1 aromatic rings. The highest BCUT2D eigenvalue weighted by molar-refractivity contribution is 5.54. The summed E-state index contributed by atoms with van der Waals surface area (Å²) in [5.41, 5.74) is -1.19. The quantitative estimate of drug-likeness (QED) is 0.860. The van der Waals surface area contributed by atoms with Gasteiger partial charge in [0.2, 0.25) is 0 Å². The van der Waals surface area contributed by atoms with Gasteiger partial charge in [-0.1, -0.05) is 0 Å². The van der Waals surface area contributed by atoms with Crippen LogP contribution in [0.15, 0.2) is 12.1 Å². The highest BCUT2D eigenvalue weighted by Gasteiger charge is 2.24. The third kappa shape index (κ3) is 6.46. The molecule has 0 saturated carbocycles. The summed E-state index contributed by atoms with van der Waals surface area (Å²) >= 11 is 0. The molecule has 0 aliphatic rings. The minimum atomic E-state index is -0.414. The van der Waals surface area contributed by atoms with E-state index in [9.17, 15) is 5.11 Å². The fourth-order valence-electron chi connectivity index (χ4n) is 1.76. The minimum absolute atomic E-state index is 0.0374. The Morgan fingerprint density at radius 3 is 1.27 bits per heavy atom. The molecule has 0 aromatic heterocycles. The highest BCUT2D eigenvalue weighted by atomic mass is 16.5. The molecule has 126 valence electrons. The summed E-state index contributed by atoms with van der Waals surface area (Å²) in [6.07, 6.45) is 0. The molecule has 0 atom stereocenters. The molecule has 4 nitrogen and oxygen atoms in total. The Hall–Kier alpha value is -1.58. The number of phenolic OH excluding ortho intramolecular Hbond substituents is 1. The normalized spacial score (nSPS) is 13.0. The van der Waals surface area contributed by atoms with Crippen LogP contribution in [0.2, 0.25) is 0 Å². The maximum atomic E-state index is 10.2. The molecule has 0 radical (unpaired) electrons. The topological polar surface area (TPSA) is 47.9 Å². The predicted octanol–water partition coefficient (Wildman–Crippen LogP) is 4.92. The average Bonchev–Trinajstić information content (AvgIpc) is 2.18. The van der Waals surface area contributed by atoms with Crippen molar-refractivity contribution < 1.29 is 19.3 Å². The SMILES string of the molecule is CC(C)(C)Oc1cc(OC(C)(C)C)c(OC(C)(C)C)cc1O. The molecule has 1 rings (SSSR count). The van der Waals surface area contributed by atoms with Gasteiger partial charge >= 0.3 is 0 Å². The van der Waals surface area contributed by atoms with Crippen molar-refractivity contribution >= 4 is 0 Å². The summed E-state index contributed by atoms with van der Waals surface area (Å²) in [7, 11) is 0. The van der Waals surface area contributed by atoms with E-state index in [1.165, 1.54) is 0 Å². The van der Waals surface area contributed by atoms with Crippen molar-refractivity contribution in [3.63, 3.8) is 0 Å². The van der Waals surface area contributed by atoms with Crippen LogP contribution < -0.4 is 14.2 Å². The number of hydrogen-bond donors (Lipinski definition) is 1. The van der Waals surface area contributed by atoms with Crippen molar-refractivity contribution in [1.29, 1.82) is 0 Å². The Labute approximate surface area is 134 Å². The molecule has 0 aliphatic carbocycles. The van der Waals surface area contributed by atoms with Gasteiger partial charge < -0.3 is 19.3 Å². The third-order valence-electron chi connectivity index (χ3n) is 2.27. The number of phenols is 1. The second-order valence-electron chi connectivity index (χ2n) is 8.41. The van der Waals surface area contributed by atoms with E-state index in [1.54, 1.807) is 12.1 Å². The van der Waals surface area contributed by atoms with Crippen LogP contribution in [0.1, 0.15) is 62.3 Å². The lowest BCUT2D eigenvalue weighted by molar-refractivity contribution is 0.0917. The number of ether oxygens (including phenoxy) is 3. The monoisotopic (exact) mass is 310 g/mol. The Morgan fingerprint density at radius 1 is 0.591 bits per heavy atom. The van der Waals surface area contributed by atoms with Crippen molar-refractivity contribution in [3.05, 3.63) is 12.1 Å². The van der Waals surface area contributed by atoms with Crippen LogP contribution in [0, 0.1) is 0 Å². The van der Waals surface area contributed by atoms with Crippen molar-refractivity contribution in [1.82, 2.24) is 0 Å². The van der Waals surface area contributed by atoms with Gasteiger partial charge in [0.15, 0.2) is 23.0 Å². The summed E-state index contributed by atoms with van der Waals surface area (Å²) in [4.78, 5) is 0. The van der Waals surface area contributed by atoms with Crippen LogP contribution in [-0.2, 0) is 0 Å². The van der Waals surface area contributed by atoms with Gasteiger partial charge in [-0.15, -0.1) is 0 Å². The first-order valence-electron chi connectivity index (χ1n) is 7.60. The molecule has 0 bridgehead atoms. The van der Waals surface area contributed by atoms with Gasteiger partial charge in [0.1, 0.15) is 16.8 Å². The smallest absolute Gasteiger partial charge is 0.165 e. The summed E-state index contributed by atoms with van der Waals surface area (Å²) in [5.74, 6) is 1.48. The van der Waals surface area contributed by atoms with Gasteiger partial charge in [-0.05, 0) is 62.3 Å². The predicted molar refractivity (Wildman–Crippen MR) is 89.2 cm³/mol. The number of hydrogen-bond acceptors (Lipinski definition) is 4. The molecule has 0 unspecified atom stereocenters.